The van der Waals surface area contributed by atoms with E-state index in [1.54, 1.807) is 29.8 Å². The summed E-state index contributed by atoms with van der Waals surface area (Å²) in [6, 6.07) is 9.17. The van der Waals surface area contributed by atoms with Gasteiger partial charge in [-0.3, -0.25) is 4.40 Å². The van der Waals surface area contributed by atoms with E-state index in [0.717, 1.165) is 5.56 Å². The molecule has 1 aromatic carbocycles. The molecule has 6 nitrogen and oxygen atoms in total. The lowest BCUT2D eigenvalue weighted by atomic mass is 10.1. The quantitative estimate of drug-likeness (QED) is 0.750. The van der Waals surface area contributed by atoms with Crippen LogP contribution in [0.25, 0.3) is 16.9 Å². The van der Waals surface area contributed by atoms with E-state index in [9.17, 15) is 10.0 Å². The highest BCUT2D eigenvalue weighted by atomic mass is 16.5. The first-order chi connectivity index (χ1) is 10.7. The van der Waals surface area contributed by atoms with Gasteiger partial charge in [0.2, 0.25) is 5.82 Å². The second-order valence-electron chi connectivity index (χ2n) is 5.00. The maximum Gasteiger partial charge on any atom is 0.209 e. The number of pyridine rings is 1. The van der Waals surface area contributed by atoms with Gasteiger partial charge < -0.3 is 9.84 Å². The Labute approximate surface area is 127 Å². The summed E-state index contributed by atoms with van der Waals surface area (Å²) >= 11 is 0. The molecule has 6 heteroatoms. The second-order valence-corrected chi connectivity index (χ2v) is 5.00. The van der Waals surface area contributed by atoms with Crippen LogP contribution in [-0.4, -0.2) is 21.6 Å². The summed E-state index contributed by atoms with van der Waals surface area (Å²) in [6.45, 7) is 1.84. The van der Waals surface area contributed by atoms with Crippen molar-refractivity contribution in [1.82, 2.24) is 9.38 Å². The number of methoxy groups -OCH3 is 1. The van der Waals surface area contributed by atoms with E-state index in [-0.39, 0.29) is 12.4 Å². The highest BCUT2D eigenvalue weighted by molar-refractivity contribution is 5.79. The number of benzene rings is 1. The first-order valence-corrected chi connectivity index (χ1v) is 6.78. The van der Waals surface area contributed by atoms with E-state index in [1.807, 2.05) is 25.1 Å². The predicted octanol–water partition coefficient (Wildman–Crippen LogP) is 3.21. The van der Waals surface area contributed by atoms with E-state index in [2.05, 4.69) is 10.2 Å². The molecule has 0 bridgehead atoms. The van der Waals surface area contributed by atoms with Crippen molar-refractivity contribution in [1.29, 1.82) is 0 Å². The molecule has 0 spiro atoms. The van der Waals surface area contributed by atoms with E-state index >= 15 is 0 Å². The van der Waals surface area contributed by atoms with Crippen molar-refractivity contribution in [2.75, 3.05) is 7.11 Å². The average Bonchev–Trinajstić information content (AvgIpc) is 2.92. The molecular formula is C16H15N3O3. The van der Waals surface area contributed by atoms with Gasteiger partial charge in [-0.05, 0) is 35.9 Å². The van der Waals surface area contributed by atoms with Crippen LogP contribution >= 0.6 is 0 Å². The van der Waals surface area contributed by atoms with Gasteiger partial charge in [-0.1, -0.05) is 17.7 Å². The molecule has 0 aliphatic rings. The maximum absolute atomic E-state index is 11.3. The van der Waals surface area contributed by atoms with Crippen LogP contribution in [0.5, 0.6) is 5.75 Å². The molecule has 0 radical (unpaired) electrons. The third-order valence-corrected chi connectivity index (χ3v) is 3.53. The molecule has 3 rings (SSSR count). The van der Waals surface area contributed by atoms with Gasteiger partial charge in [-0.15, -0.1) is 4.91 Å². The van der Waals surface area contributed by atoms with Gasteiger partial charge in [0.1, 0.15) is 17.1 Å². The summed E-state index contributed by atoms with van der Waals surface area (Å²) in [6.07, 6.45) is 1.66. The number of imidazole rings is 1. The minimum atomic E-state index is -0.116. The third kappa shape index (κ3) is 2.23. The van der Waals surface area contributed by atoms with Crippen LogP contribution in [0, 0.1) is 11.8 Å². The molecule has 22 heavy (non-hydrogen) atoms. The fourth-order valence-electron chi connectivity index (χ4n) is 2.44. The van der Waals surface area contributed by atoms with Crippen LogP contribution in [0.15, 0.2) is 41.7 Å². The number of fused-ring (bicyclic) bond motifs is 1. The third-order valence-electron chi connectivity index (χ3n) is 3.53. The zero-order chi connectivity index (χ0) is 15.7. The van der Waals surface area contributed by atoms with Crippen molar-refractivity contribution >= 4 is 11.5 Å². The number of aliphatic hydroxyl groups excluding tert-OH is 1. The number of aryl methyl sites for hydroxylation is 1. The van der Waals surface area contributed by atoms with Crippen molar-refractivity contribution in [2.45, 2.75) is 13.5 Å². The fraction of sp³-hybridized carbons (Fsp3) is 0.188. The topological polar surface area (TPSA) is 76.2 Å². The molecular weight excluding hydrogens is 282 g/mol. The summed E-state index contributed by atoms with van der Waals surface area (Å²) in [5.74, 6) is 0.815. The Kier molecular flexibility index (Phi) is 3.60. The van der Waals surface area contributed by atoms with E-state index in [1.165, 1.54) is 0 Å². The molecule has 0 atom stereocenters. The molecule has 0 aliphatic heterocycles. The Hall–Kier alpha value is -2.73. The number of hydrogen-bond donors (Lipinski definition) is 1. The molecule has 0 amide bonds. The summed E-state index contributed by atoms with van der Waals surface area (Å²) in [5.41, 5.74) is 3.47. The lowest BCUT2D eigenvalue weighted by Crippen LogP contribution is -1.90. The van der Waals surface area contributed by atoms with Crippen molar-refractivity contribution in [3.8, 4) is 17.0 Å². The molecule has 0 aliphatic carbocycles. The van der Waals surface area contributed by atoms with Crippen molar-refractivity contribution in [2.24, 2.45) is 5.18 Å². The monoisotopic (exact) mass is 297 g/mol. The van der Waals surface area contributed by atoms with Crippen LogP contribution in [0.2, 0.25) is 0 Å². The van der Waals surface area contributed by atoms with Gasteiger partial charge >= 0.3 is 0 Å². The van der Waals surface area contributed by atoms with E-state index in [0.29, 0.717) is 28.2 Å². The first-order valence-electron chi connectivity index (χ1n) is 6.78. The number of aromatic nitrogens is 2. The standard InChI is InChI=1S/C16H15N3O3/c1-10-3-5-13(22-2)12(7-10)15-16(18-21)19-8-11(9-20)4-6-14(19)17-15/h3-8,20H,9H2,1-2H3. The van der Waals surface area contributed by atoms with Crippen LogP contribution in [0.3, 0.4) is 0 Å². The highest BCUT2D eigenvalue weighted by Gasteiger charge is 2.18. The fourth-order valence-corrected chi connectivity index (χ4v) is 2.44. The summed E-state index contributed by atoms with van der Waals surface area (Å²) < 4.78 is 6.94. The van der Waals surface area contributed by atoms with Crippen LogP contribution in [-0.2, 0) is 6.61 Å². The van der Waals surface area contributed by atoms with Gasteiger partial charge in [-0.25, -0.2) is 4.98 Å². The molecule has 2 heterocycles. The Morgan fingerprint density at radius 1 is 1.32 bits per heavy atom. The molecule has 0 unspecified atom stereocenters. The van der Waals surface area contributed by atoms with Gasteiger partial charge in [0, 0.05) is 11.8 Å². The Morgan fingerprint density at radius 3 is 2.82 bits per heavy atom. The molecule has 1 N–H and O–H groups in total. The number of rotatable bonds is 4. The Bertz CT molecular complexity index is 855. The molecule has 112 valence electrons. The van der Waals surface area contributed by atoms with Crippen LogP contribution in [0.1, 0.15) is 11.1 Å². The molecule has 2 aromatic heterocycles. The average molecular weight is 297 g/mol. The lowest BCUT2D eigenvalue weighted by molar-refractivity contribution is 0.281. The lowest BCUT2D eigenvalue weighted by Gasteiger charge is -2.07. The van der Waals surface area contributed by atoms with Gasteiger partial charge in [0.25, 0.3) is 0 Å². The minimum absolute atomic E-state index is 0.116. The normalized spacial score (nSPS) is 10.9. The number of nitroso groups, excluding NO2 is 1. The van der Waals surface area contributed by atoms with E-state index in [4.69, 9.17) is 4.74 Å². The summed E-state index contributed by atoms with van der Waals surface area (Å²) in [7, 11) is 1.57. The van der Waals surface area contributed by atoms with Gasteiger partial charge in [0.05, 0.1) is 13.7 Å². The second kappa shape index (κ2) is 5.57. The van der Waals surface area contributed by atoms with Crippen molar-refractivity contribution < 1.29 is 9.84 Å². The zero-order valence-corrected chi connectivity index (χ0v) is 12.3. The van der Waals surface area contributed by atoms with E-state index < -0.39 is 0 Å². The minimum Gasteiger partial charge on any atom is -0.496 e. The predicted molar refractivity (Wildman–Crippen MR) is 83.3 cm³/mol. The van der Waals surface area contributed by atoms with Gasteiger partial charge in [-0.2, -0.15) is 0 Å². The molecule has 0 saturated carbocycles. The largest absolute Gasteiger partial charge is 0.496 e. The number of nitrogens with zero attached hydrogens (tertiary/aromatic N) is 3. The maximum atomic E-state index is 11.3. The summed E-state index contributed by atoms with van der Waals surface area (Å²) in [5, 5.41) is 12.4. The van der Waals surface area contributed by atoms with Crippen molar-refractivity contribution in [3.05, 3.63) is 52.6 Å². The first kappa shape index (κ1) is 14.2. The van der Waals surface area contributed by atoms with Crippen molar-refractivity contribution in [3.63, 3.8) is 0 Å². The zero-order valence-electron chi connectivity index (χ0n) is 12.3. The highest BCUT2D eigenvalue weighted by Crippen LogP contribution is 2.37. The summed E-state index contributed by atoms with van der Waals surface area (Å²) in [4.78, 5) is 15.8. The molecule has 0 saturated heterocycles. The number of aliphatic hydroxyl groups is 1. The van der Waals surface area contributed by atoms with Crippen LogP contribution < -0.4 is 4.74 Å². The van der Waals surface area contributed by atoms with Gasteiger partial charge in [0.15, 0.2) is 0 Å². The smallest absolute Gasteiger partial charge is 0.209 e. The molecule has 0 fully saturated rings. The van der Waals surface area contributed by atoms with Crippen LogP contribution in [0.4, 0.5) is 5.82 Å². The number of hydrogen-bond acceptors (Lipinski definition) is 5. The Balaban J connectivity index is 2.31. The Morgan fingerprint density at radius 2 is 2.14 bits per heavy atom. The SMILES string of the molecule is COc1ccc(C)cc1-c1nc2ccc(CO)cn2c1N=O. The molecule has 3 aromatic rings. The number of ether oxygens (including phenoxy) is 1.